The van der Waals surface area contributed by atoms with Crippen molar-refractivity contribution in [3.8, 4) is 16.9 Å². The summed E-state index contributed by atoms with van der Waals surface area (Å²) in [5, 5.41) is 8.36. The van der Waals surface area contributed by atoms with E-state index >= 15 is 0 Å². The van der Waals surface area contributed by atoms with E-state index in [0.717, 1.165) is 51.2 Å². The number of hydrogen-bond donors (Lipinski definition) is 0. The number of para-hydroxylation sites is 3. The number of aromatic nitrogens is 4. The van der Waals surface area contributed by atoms with Gasteiger partial charge in [0.05, 0.1) is 27.6 Å². The first kappa shape index (κ1) is 28.0. The highest BCUT2D eigenvalue weighted by molar-refractivity contribution is 6.36. The van der Waals surface area contributed by atoms with Gasteiger partial charge in [0.25, 0.3) is 0 Å². The van der Waals surface area contributed by atoms with Gasteiger partial charge < -0.3 is 8.82 Å². The van der Waals surface area contributed by atoms with E-state index < -0.39 is 0 Å². The van der Waals surface area contributed by atoms with Gasteiger partial charge in [-0.1, -0.05) is 110 Å². The quantitative estimate of drug-likeness (QED) is 0.189. The summed E-state index contributed by atoms with van der Waals surface area (Å²) in [7, 11) is 0. The average Bonchev–Trinajstić information content (AvgIpc) is 3.93. The van der Waals surface area contributed by atoms with Crippen molar-refractivity contribution in [2.24, 2.45) is 5.92 Å². The Kier molecular flexibility index (Phi) is 5.49. The lowest BCUT2D eigenvalue weighted by Crippen LogP contribution is -2.08. The highest BCUT2D eigenvalue weighted by Crippen LogP contribution is 2.48. The van der Waals surface area contributed by atoms with Crippen LogP contribution in [0.25, 0.3) is 104 Å². The van der Waals surface area contributed by atoms with E-state index in [0.29, 0.717) is 11.5 Å². The Balaban J connectivity index is 1.32. The third kappa shape index (κ3) is 3.62. The number of benzene rings is 6. The topological polar surface area (TPSA) is 48.3 Å². The molecule has 1 unspecified atom stereocenters. The van der Waals surface area contributed by atoms with Crippen molar-refractivity contribution in [3.63, 3.8) is 0 Å². The molecular formula is C47H30N4O. The van der Waals surface area contributed by atoms with Crippen LogP contribution in [-0.4, -0.2) is 18.9 Å². The van der Waals surface area contributed by atoms with Crippen molar-refractivity contribution in [3.05, 3.63) is 151 Å². The minimum absolute atomic E-state index is 0.294. The smallest absolute Gasteiger partial charge is 0.197 e. The fourth-order valence-corrected chi connectivity index (χ4v) is 8.95. The van der Waals surface area contributed by atoms with Gasteiger partial charge in [-0.2, -0.15) is 0 Å². The number of rotatable bonds is 3. The molecule has 244 valence electrons. The van der Waals surface area contributed by atoms with Crippen LogP contribution in [-0.2, 0) is 0 Å². The van der Waals surface area contributed by atoms with Gasteiger partial charge in [-0.15, -0.1) is 0 Å². The summed E-state index contributed by atoms with van der Waals surface area (Å²) in [5.41, 5.74) is 11.7. The van der Waals surface area contributed by atoms with Crippen molar-refractivity contribution < 1.29 is 4.42 Å². The van der Waals surface area contributed by atoms with Crippen molar-refractivity contribution in [2.75, 3.05) is 0 Å². The van der Waals surface area contributed by atoms with Crippen LogP contribution in [0.3, 0.4) is 0 Å². The third-order valence-corrected chi connectivity index (χ3v) is 11.3. The molecule has 5 nitrogen and oxygen atoms in total. The van der Waals surface area contributed by atoms with Gasteiger partial charge in [0.15, 0.2) is 17.2 Å². The lowest BCUT2D eigenvalue weighted by atomic mass is 9.93. The van der Waals surface area contributed by atoms with Gasteiger partial charge in [-0.05, 0) is 71.5 Å². The average molecular weight is 667 g/mol. The highest BCUT2D eigenvalue weighted by atomic mass is 16.3. The maximum Gasteiger partial charge on any atom is 0.197 e. The summed E-state index contributed by atoms with van der Waals surface area (Å²) in [4.78, 5) is 10.7. The second-order valence-corrected chi connectivity index (χ2v) is 14.2. The van der Waals surface area contributed by atoms with Crippen LogP contribution in [0.5, 0.6) is 0 Å². The Hall–Kier alpha value is -6.72. The van der Waals surface area contributed by atoms with Gasteiger partial charge in [-0.3, -0.25) is 4.57 Å². The predicted octanol–water partition coefficient (Wildman–Crippen LogP) is 12.3. The molecule has 0 saturated carbocycles. The van der Waals surface area contributed by atoms with E-state index in [9.17, 15) is 0 Å². The van der Waals surface area contributed by atoms with Crippen LogP contribution in [0.1, 0.15) is 19.2 Å². The molecule has 6 aromatic carbocycles. The summed E-state index contributed by atoms with van der Waals surface area (Å²) in [6, 6.07) is 45.8. The minimum atomic E-state index is 0.294. The summed E-state index contributed by atoms with van der Waals surface area (Å²) < 4.78 is 11.6. The van der Waals surface area contributed by atoms with Crippen molar-refractivity contribution in [1.82, 2.24) is 18.9 Å². The lowest BCUT2D eigenvalue weighted by Gasteiger charge is -2.17. The largest absolute Gasteiger partial charge is 0.450 e. The maximum absolute atomic E-state index is 6.75. The van der Waals surface area contributed by atoms with Crippen molar-refractivity contribution in [2.45, 2.75) is 13.3 Å². The molecule has 52 heavy (non-hydrogen) atoms. The number of fused-ring (bicyclic) bond motifs is 13. The van der Waals surface area contributed by atoms with Gasteiger partial charge in [0, 0.05) is 37.7 Å². The molecule has 0 spiro atoms. The zero-order chi connectivity index (χ0) is 34.1. The van der Waals surface area contributed by atoms with Gasteiger partial charge in [0.2, 0.25) is 0 Å². The van der Waals surface area contributed by atoms with Gasteiger partial charge in [-0.25, -0.2) is 9.97 Å². The maximum atomic E-state index is 6.75. The van der Waals surface area contributed by atoms with E-state index in [2.05, 4.69) is 149 Å². The molecule has 0 saturated heterocycles. The first-order valence-electron chi connectivity index (χ1n) is 18.0. The first-order valence-corrected chi connectivity index (χ1v) is 18.0. The molecule has 1 aliphatic rings. The van der Waals surface area contributed by atoms with Crippen LogP contribution >= 0.6 is 0 Å². The fraction of sp³-hybridized carbons (Fsp3) is 0.0638. The SMILES string of the molecule is CC1CC=CC=C1c1nc(-n2c3ccc(-c4ccccc4)cc3c3c4c5ccccc5n5c6ccccc6c(cc32)c45)c2oc3ccccc3c2n1. The molecule has 12 rings (SSSR count). The van der Waals surface area contributed by atoms with Crippen LogP contribution in [0.15, 0.2) is 150 Å². The number of furan rings is 1. The standard InChI is InChI=1S/C47H30N4O/c1-27-13-5-6-16-30(27)46-48-43-33-19-9-12-22-40(33)52-45(43)47(49-46)51-38-24-23-29(28-14-3-2-4-15-28)25-35(38)41-39(51)26-34-31-17-7-10-20-36(31)50-37-21-11-8-18-32(37)42(41)44(34)50/h2-12,14-27H,13H2,1H3. The van der Waals surface area contributed by atoms with E-state index in [1.807, 2.05) is 12.1 Å². The van der Waals surface area contributed by atoms with E-state index in [-0.39, 0.29) is 0 Å². The summed E-state index contributed by atoms with van der Waals surface area (Å²) >= 11 is 0. The van der Waals surface area contributed by atoms with Crippen LogP contribution < -0.4 is 0 Å². The molecule has 0 fully saturated rings. The zero-order valence-electron chi connectivity index (χ0n) is 28.3. The lowest BCUT2D eigenvalue weighted by molar-refractivity contribution is 0.661. The molecule has 0 amide bonds. The second-order valence-electron chi connectivity index (χ2n) is 14.2. The Labute approximate surface area is 297 Å². The number of nitrogens with zero attached hydrogens (tertiary/aromatic N) is 4. The molecule has 1 atom stereocenters. The molecule has 0 radical (unpaired) electrons. The second kappa shape index (κ2) is 10.2. The molecule has 0 aliphatic heterocycles. The Morgan fingerprint density at radius 1 is 0.615 bits per heavy atom. The predicted molar refractivity (Wildman–Crippen MR) is 215 cm³/mol. The normalized spacial score (nSPS) is 15.2. The monoisotopic (exact) mass is 666 g/mol. The molecule has 5 heteroatoms. The van der Waals surface area contributed by atoms with E-state index in [1.165, 1.54) is 60.0 Å². The molecule has 5 heterocycles. The summed E-state index contributed by atoms with van der Waals surface area (Å²) in [6.07, 6.45) is 7.49. The van der Waals surface area contributed by atoms with Gasteiger partial charge >= 0.3 is 0 Å². The summed E-state index contributed by atoms with van der Waals surface area (Å²) in [5.74, 6) is 1.80. The summed E-state index contributed by atoms with van der Waals surface area (Å²) in [6.45, 7) is 2.26. The van der Waals surface area contributed by atoms with Crippen molar-refractivity contribution in [1.29, 1.82) is 0 Å². The number of hydrogen-bond acceptors (Lipinski definition) is 3. The Morgan fingerprint density at radius 3 is 2.21 bits per heavy atom. The number of allylic oxidation sites excluding steroid dienone is 4. The zero-order valence-corrected chi connectivity index (χ0v) is 28.3. The first-order chi connectivity index (χ1) is 25.7. The Morgan fingerprint density at radius 2 is 1.37 bits per heavy atom. The molecule has 0 bridgehead atoms. The van der Waals surface area contributed by atoms with Gasteiger partial charge in [0.1, 0.15) is 11.1 Å². The molecule has 5 aromatic heterocycles. The molecule has 11 aromatic rings. The highest BCUT2D eigenvalue weighted by Gasteiger charge is 2.28. The van der Waals surface area contributed by atoms with E-state index in [1.54, 1.807) is 0 Å². The van der Waals surface area contributed by atoms with E-state index in [4.69, 9.17) is 14.4 Å². The molecular weight excluding hydrogens is 637 g/mol. The third-order valence-electron chi connectivity index (χ3n) is 11.3. The molecule has 1 aliphatic carbocycles. The van der Waals surface area contributed by atoms with Crippen LogP contribution in [0, 0.1) is 5.92 Å². The fourth-order valence-electron chi connectivity index (χ4n) is 8.95. The van der Waals surface area contributed by atoms with Crippen molar-refractivity contribution >= 4 is 87.5 Å². The van der Waals surface area contributed by atoms with Crippen LogP contribution in [0.4, 0.5) is 0 Å². The Bertz CT molecular complexity index is 3340. The molecule has 0 N–H and O–H groups in total. The van der Waals surface area contributed by atoms with Crippen LogP contribution in [0.2, 0.25) is 0 Å². The minimum Gasteiger partial charge on any atom is -0.450 e.